The molecule has 0 aliphatic carbocycles. The van der Waals surface area contributed by atoms with Crippen LogP contribution in [0.5, 0.6) is 0 Å². The Balaban J connectivity index is 2.25. The van der Waals surface area contributed by atoms with Crippen LogP contribution >= 0.6 is 27.5 Å². The third-order valence-electron chi connectivity index (χ3n) is 2.97. The quantitative estimate of drug-likeness (QED) is 0.906. The summed E-state index contributed by atoms with van der Waals surface area (Å²) in [5.74, 6) is -1.22. The molecule has 1 aromatic carbocycles. The zero-order valence-electron chi connectivity index (χ0n) is 9.40. The van der Waals surface area contributed by atoms with E-state index in [4.69, 9.17) is 16.7 Å². The predicted octanol–water partition coefficient (Wildman–Crippen LogP) is 2.79. The highest BCUT2D eigenvalue weighted by atomic mass is 79.9. The molecule has 0 spiro atoms. The van der Waals surface area contributed by atoms with E-state index in [1.807, 2.05) is 0 Å². The maximum atomic E-state index is 12.2. The van der Waals surface area contributed by atoms with Crippen LogP contribution in [-0.2, 0) is 4.79 Å². The van der Waals surface area contributed by atoms with Crippen molar-refractivity contribution in [1.29, 1.82) is 0 Å². The topological polar surface area (TPSA) is 57.6 Å². The van der Waals surface area contributed by atoms with E-state index in [1.165, 1.54) is 4.90 Å². The van der Waals surface area contributed by atoms with Gasteiger partial charge in [-0.1, -0.05) is 11.6 Å². The second kappa shape index (κ2) is 5.28. The molecule has 1 saturated heterocycles. The van der Waals surface area contributed by atoms with Gasteiger partial charge in [0.05, 0.1) is 5.02 Å². The smallest absolute Gasteiger partial charge is 0.326 e. The van der Waals surface area contributed by atoms with E-state index >= 15 is 0 Å². The summed E-state index contributed by atoms with van der Waals surface area (Å²) in [5, 5.41) is 9.57. The first-order valence-corrected chi connectivity index (χ1v) is 6.66. The van der Waals surface area contributed by atoms with E-state index in [-0.39, 0.29) is 5.91 Å². The molecular formula is C12H11BrClNO3. The van der Waals surface area contributed by atoms with Crippen molar-refractivity contribution in [3.63, 3.8) is 0 Å². The molecule has 6 heteroatoms. The molecule has 4 nitrogen and oxygen atoms in total. The van der Waals surface area contributed by atoms with Gasteiger partial charge >= 0.3 is 5.97 Å². The van der Waals surface area contributed by atoms with Gasteiger partial charge in [0.25, 0.3) is 5.91 Å². The minimum Gasteiger partial charge on any atom is -0.480 e. The standard InChI is InChI=1S/C12H11BrClNO3/c13-8-6-7(3-4-9(8)14)11(16)15-5-1-2-10(15)12(17)18/h3-4,6,10H,1-2,5H2,(H,17,18)/t10-/m0/s1. The van der Waals surface area contributed by atoms with Gasteiger partial charge in [-0.15, -0.1) is 0 Å². The molecule has 18 heavy (non-hydrogen) atoms. The fourth-order valence-corrected chi connectivity index (χ4v) is 2.56. The summed E-state index contributed by atoms with van der Waals surface area (Å²) in [6.07, 6.45) is 1.23. The van der Waals surface area contributed by atoms with Crippen molar-refractivity contribution in [2.75, 3.05) is 6.54 Å². The number of rotatable bonds is 2. The van der Waals surface area contributed by atoms with Crippen LogP contribution in [0.3, 0.4) is 0 Å². The van der Waals surface area contributed by atoms with Crippen LogP contribution in [0.2, 0.25) is 5.02 Å². The lowest BCUT2D eigenvalue weighted by Crippen LogP contribution is -2.40. The van der Waals surface area contributed by atoms with Crippen LogP contribution in [0.1, 0.15) is 23.2 Å². The maximum Gasteiger partial charge on any atom is 0.326 e. The third-order valence-corrected chi connectivity index (χ3v) is 4.18. The number of carbonyl (C=O) groups is 2. The van der Waals surface area contributed by atoms with Crippen molar-refractivity contribution >= 4 is 39.4 Å². The number of nitrogens with zero attached hydrogens (tertiary/aromatic N) is 1. The largest absolute Gasteiger partial charge is 0.480 e. The van der Waals surface area contributed by atoms with Crippen LogP contribution in [0.4, 0.5) is 0 Å². The number of hydrogen-bond donors (Lipinski definition) is 1. The molecule has 0 unspecified atom stereocenters. The molecule has 1 atom stereocenters. The van der Waals surface area contributed by atoms with Gasteiger partial charge < -0.3 is 10.0 Å². The molecule has 1 aromatic rings. The molecule has 1 aliphatic rings. The van der Waals surface area contributed by atoms with Gasteiger partial charge in [0.1, 0.15) is 6.04 Å². The fourth-order valence-electron chi connectivity index (χ4n) is 2.06. The van der Waals surface area contributed by atoms with Crippen LogP contribution in [0.25, 0.3) is 0 Å². The fraction of sp³-hybridized carbons (Fsp3) is 0.333. The molecule has 0 bridgehead atoms. The molecule has 1 N–H and O–H groups in total. The van der Waals surface area contributed by atoms with Crippen molar-refractivity contribution in [2.45, 2.75) is 18.9 Å². The third kappa shape index (κ3) is 2.52. The van der Waals surface area contributed by atoms with Gasteiger partial charge in [0, 0.05) is 16.6 Å². The van der Waals surface area contributed by atoms with E-state index in [0.29, 0.717) is 28.0 Å². The average molecular weight is 333 g/mol. The van der Waals surface area contributed by atoms with Crippen LogP contribution in [-0.4, -0.2) is 34.5 Å². The zero-order chi connectivity index (χ0) is 13.3. The number of hydrogen-bond acceptors (Lipinski definition) is 2. The molecule has 0 radical (unpaired) electrons. The summed E-state index contributed by atoms with van der Waals surface area (Å²) < 4.78 is 0.626. The number of amides is 1. The Morgan fingerprint density at radius 1 is 1.44 bits per heavy atom. The number of carboxylic acid groups (broad SMARTS) is 1. The SMILES string of the molecule is O=C(O)[C@@H]1CCCN1C(=O)c1ccc(Cl)c(Br)c1. The average Bonchev–Trinajstić information content (AvgIpc) is 2.81. The first-order chi connectivity index (χ1) is 8.50. The van der Waals surface area contributed by atoms with E-state index in [1.54, 1.807) is 18.2 Å². The maximum absolute atomic E-state index is 12.2. The number of benzene rings is 1. The molecule has 96 valence electrons. The molecule has 0 saturated carbocycles. The molecular weight excluding hydrogens is 321 g/mol. The second-order valence-corrected chi connectivity index (χ2v) is 5.39. The Labute approximate surface area is 118 Å². The highest BCUT2D eigenvalue weighted by Gasteiger charge is 2.34. The summed E-state index contributed by atoms with van der Waals surface area (Å²) in [4.78, 5) is 24.7. The van der Waals surface area contributed by atoms with E-state index in [9.17, 15) is 9.59 Å². The Hall–Kier alpha value is -1.07. The molecule has 2 rings (SSSR count). The highest BCUT2D eigenvalue weighted by molar-refractivity contribution is 9.10. The first kappa shape index (κ1) is 13.4. The summed E-state index contributed by atoms with van der Waals surface area (Å²) in [6, 6.07) is 4.12. The van der Waals surface area contributed by atoms with Gasteiger partial charge in [-0.05, 0) is 47.0 Å². The number of aliphatic carboxylic acids is 1. The Morgan fingerprint density at radius 2 is 2.17 bits per heavy atom. The van der Waals surface area contributed by atoms with Gasteiger partial charge in [0.15, 0.2) is 0 Å². The minimum absolute atomic E-state index is 0.266. The van der Waals surface area contributed by atoms with Crippen molar-refractivity contribution in [3.8, 4) is 0 Å². The lowest BCUT2D eigenvalue weighted by atomic mass is 10.1. The van der Waals surface area contributed by atoms with Crippen LogP contribution < -0.4 is 0 Å². The minimum atomic E-state index is -0.950. The number of carboxylic acids is 1. The molecule has 1 amide bonds. The Morgan fingerprint density at radius 3 is 2.78 bits per heavy atom. The predicted molar refractivity (Wildman–Crippen MR) is 70.8 cm³/mol. The molecule has 1 aliphatic heterocycles. The number of carbonyl (C=O) groups excluding carboxylic acids is 1. The van der Waals surface area contributed by atoms with Crippen molar-refractivity contribution in [1.82, 2.24) is 4.90 Å². The van der Waals surface area contributed by atoms with Crippen LogP contribution in [0.15, 0.2) is 22.7 Å². The number of halogens is 2. The Kier molecular flexibility index (Phi) is 3.92. The van der Waals surface area contributed by atoms with E-state index < -0.39 is 12.0 Å². The highest BCUT2D eigenvalue weighted by Crippen LogP contribution is 2.26. The lowest BCUT2D eigenvalue weighted by molar-refractivity contribution is -0.141. The van der Waals surface area contributed by atoms with Crippen molar-refractivity contribution in [2.24, 2.45) is 0 Å². The Bertz CT molecular complexity index is 506. The van der Waals surface area contributed by atoms with Gasteiger partial charge in [-0.2, -0.15) is 0 Å². The summed E-state index contributed by atoms with van der Waals surface area (Å²) in [7, 11) is 0. The van der Waals surface area contributed by atoms with E-state index in [0.717, 1.165) is 6.42 Å². The van der Waals surface area contributed by atoms with Crippen molar-refractivity contribution < 1.29 is 14.7 Å². The van der Waals surface area contributed by atoms with Gasteiger partial charge in [-0.3, -0.25) is 4.79 Å². The summed E-state index contributed by atoms with van der Waals surface area (Å²) >= 11 is 9.11. The summed E-state index contributed by atoms with van der Waals surface area (Å²) in [6.45, 7) is 0.482. The lowest BCUT2D eigenvalue weighted by Gasteiger charge is -2.21. The second-order valence-electron chi connectivity index (χ2n) is 4.12. The first-order valence-electron chi connectivity index (χ1n) is 5.49. The normalized spacial score (nSPS) is 19.0. The monoisotopic (exact) mass is 331 g/mol. The van der Waals surface area contributed by atoms with Gasteiger partial charge in [-0.25, -0.2) is 4.79 Å². The summed E-state index contributed by atoms with van der Waals surface area (Å²) in [5.41, 5.74) is 0.444. The van der Waals surface area contributed by atoms with E-state index in [2.05, 4.69) is 15.9 Å². The van der Waals surface area contributed by atoms with Crippen molar-refractivity contribution in [3.05, 3.63) is 33.3 Å². The van der Waals surface area contributed by atoms with Crippen LogP contribution in [0, 0.1) is 0 Å². The molecule has 1 heterocycles. The van der Waals surface area contributed by atoms with Gasteiger partial charge in [0.2, 0.25) is 0 Å². The number of likely N-dealkylation sites (tertiary alicyclic amines) is 1. The molecule has 1 fully saturated rings. The zero-order valence-corrected chi connectivity index (χ0v) is 11.7. The molecule has 0 aromatic heterocycles.